The van der Waals surface area contributed by atoms with Gasteiger partial charge in [-0.25, -0.2) is 4.79 Å². The second-order valence-electron chi connectivity index (χ2n) is 6.12. The highest BCUT2D eigenvalue weighted by molar-refractivity contribution is 5.85. The summed E-state index contributed by atoms with van der Waals surface area (Å²) in [5.74, 6) is 0.0285. The molecule has 0 atom stereocenters. The molecule has 3 aromatic rings. The molecular formula is C22H19NO3. The number of para-hydroxylation sites is 1. The second kappa shape index (κ2) is 7.02. The number of anilines is 1. The standard InChI is InChI=1S/C22H19NO3/c1-25-23(16-9-3-2-4-10-16)22(24)26-15-21-19-13-7-5-11-17(19)18-12-6-8-14-20(18)21/h2-14,21H,15H2,1H3. The first-order chi connectivity index (χ1) is 12.8. The normalized spacial score (nSPS) is 12.3. The zero-order valence-electron chi connectivity index (χ0n) is 14.5. The van der Waals surface area contributed by atoms with Crippen molar-refractivity contribution in [1.82, 2.24) is 0 Å². The molecule has 26 heavy (non-hydrogen) atoms. The molecular weight excluding hydrogens is 326 g/mol. The van der Waals surface area contributed by atoms with Crippen LogP contribution in [0.25, 0.3) is 11.1 Å². The van der Waals surface area contributed by atoms with Crippen molar-refractivity contribution in [2.45, 2.75) is 5.92 Å². The van der Waals surface area contributed by atoms with E-state index >= 15 is 0 Å². The second-order valence-corrected chi connectivity index (χ2v) is 6.12. The van der Waals surface area contributed by atoms with E-state index in [2.05, 4.69) is 24.3 Å². The van der Waals surface area contributed by atoms with Crippen LogP contribution < -0.4 is 5.06 Å². The number of benzene rings is 3. The van der Waals surface area contributed by atoms with Gasteiger partial charge in [-0.15, -0.1) is 0 Å². The minimum Gasteiger partial charge on any atom is -0.447 e. The fourth-order valence-corrected chi connectivity index (χ4v) is 3.50. The Morgan fingerprint density at radius 2 is 1.38 bits per heavy atom. The molecule has 0 saturated heterocycles. The van der Waals surface area contributed by atoms with Gasteiger partial charge >= 0.3 is 6.09 Å². The summed E-state index contributed by atoms with van der Waals surface area (Å²) in [7, 11) is 1.45. The Hall–Kier alpha value is -3.11. The molecule has 4 rings (SSSR count). The van der Waals surface area contributed by atoms with Crippen LogP contribution in [0.2, 0.25) is 0 Å². The summed E-state index contributed by atoms with van der Waals surface area (Å²) in [4.78, 5) is 17.7. The minimum atomic E-state index is -0.527. The van der Waals surface area contributed by atoms with Gasteiger partial charge in [0.2, 0.25) is 0 Å². The van der Waals surface area contributed by atoms with Gasteiger partial charge in [0.15, 0.2) is 0 Å². The molecule has 0 aliphatic heterocycles. The number of ether oxygens (including phenoxy) is 1. The van der Waals surface area contributed by atoms with Gasteiger partial charge in [-0.1, -0.05) is 66.7 Å². The Kier molecular flexibility index (Phi) is 4.42. The average molecular weight is 345 g/mol. The van der Waals surface area contributed by atoms with E-state index in [-0.39, 0.29) is 12.5 Å². The van der Waals surface area contributed by atoms with Crippen molar-refractivity contribution in [2.75, 3.05) is 18.8 Å². The van der Waals surface area contributed by atoms with E-state index in [4.69, 9.17) is 9.57 Å². The molecule has 0 N–H and O–H groups in total. The van der Waals surface area contributed by atoms with Gasteiger partial charge < -0.3 is 4.74 Å². The molecule has 0 radical (unpaired) electrons. The van der Waals surface area contributed by atoms with E-state index in [0.29, 0.717) is 5.69 Å². The Labute approximate surface area is 152 Å². The maximum atomic E-state index is 12.5. The third-order valence-electron chi connectivity index (χ3n) is 4.68. The number of nitrogens with zero attached hydrogens (tertiary/aromatic N) is 1. The fourth-order valence-electron chi connectivity index (χ4n) is 3.50. The summed E-state index contributed by atoms with van der Waals surface area (Å²) < 4.78 is 5.61. The Morgan fingerprint density at radius 1 is 0.846 bits per heavy atom. The number of carbonyl (C=O) groups is 1. The predicted molar refractivity (Wildman–Crippen MR) is 101 cm³/mol. The number of rotatable bonds is 4. The van der Waals surface area contributed by atoms with Crippen LogP contribution in [0, 0.1) is 0 Å². The van der Waals surface area contributed by atoms with Crippen molar-refractivity contribution >= 4 is 11.8 Å². The molecule has 0 aromatic heterocycles. The largest absolute Gasteiger partial charge is 0.447 e. The van der Waals surface area contributed by atoms with Crippen molar-refractivity contribution in [2.24, 2.45) is 0 Å². The van der Waals surface area contributed by atoms with Gasteiger partial charge in [0.05, 0.1) is 12.8 Å². The zero-order valence-corrected chi connectivity index (χ0v) is 14.5. The molecule has 4 nitrogen and oxygen atoms in total. The zero-order chi connectivity index (χ0) is 17.9. The van der Waals surface area contributed by atoms with Crippen LogP contribution >= 0.6 is 0 Å². The maximum absolute atomic E-state index is 12.5. The van der Waals surface area contributed by atoms with E-state index in [0.717, 1.165) is 5.06 Å². The molecule has 1 amide bonds. The maximum Gasteiger partial charge on any atom is 0.438 e. The van der Waals surface area contributed by atoms with Crippen LogP contribution in [0.4, 0.5) is 10.5 Å². The highest BCUT2D eigenvalue weighted by atomic mass is 16.7. The lowest BCUT2D eigenvalue weighted by atomic mass is 9.98. The van der Waals surface area contributed by atoms with Gasteiger partial charge in [0, 0.05) is 5.92 Å². The van der Waals surface area contributed by atoms with Crippen molar-refractivity contribution < 1.29 is 14.4 Å². The molecule has 0 fully saturated rings. The van der Waals surface area contributed by atoms with Crippen LogP contribution in [0.5, 0.6) is 0 Å². The molecule has 1 aliphatic rings. The lowest BCUT2D eigenvalue weighted by Crippen LogP contribution is -2.31. The van der Waals surface area contributed by atoms with Gasteiger partial charge in [0.1, 0.15) is 6.61 Å². The molecule has 3 aromatic carbocycles. The fraction of sp³-hybridized carbons (Fsp3) is 0.136. The molecule has 0 heterocycles. The summed E-state index contributed by atoms with van der Waals surface area (Å²) in [6.45, 7) is 0.263. The first-order valence-corrected chi connectivity index (χ1v) is 8.54. The van der Waals surface area contributed by atoms with E-state index in [1.807, 2.05) is 42.5 Å². The molecule has 4 heteroatoms. The summed E-state index contributed by atoms with van der Waals surface area (Å²) in [5, 5.41) is 1.16. The van der Waals surface area contributed by atoms with Crippen molar-refractivity contribution in [3.63, 3.8) is 0 Å². The molecule has 0 unspecified atom stereocenters. The molecule has 0 spiro atoms. The van der Waals surface area contributed by atoms with Crippen LogP contribution in [-0.2, 0) is 9.57 Å². The highest BCUT2D eigenvalue weighted by Gasteiger charge is 2.30. The third kappa shape index (κ3) is 2.85. The highest BCUT2D eigenvalue weighted by Crippen LogP contribution is 2.44. The van der Waals surface area contributed by atoms with Crippen LogP contribution in [0.15, 0.2) is 78.9 Å². The SMILES string of the molecule is CON(C(=O)OCC1c2ccccc2-c2ccccc21)c1ccccc1. The van der Waals surface area contributed by atoms with Crippen molar-refractivity contribution in [3.8, 4) is 11.1 Å². The summed E-state index contributed by atoms with van der Waals surface area (Å²) in [5.41, 5.74) is 5.41. The Bertz CT molecular complexity index is 878. The lowest BCUT2D eigenvalue weighted by Gasteiger charge is -2.21. The number of hydroxylamine groups is 1. The quantitative estimate of drug-likeness (QED) is 0.624. The Balaban J connectivity index is 1.55. The third-order valence-corrected chi connectivity index (χ3v) is 4.68. The van der Waals surface area contributed by atoms with E-state index in [1.54, 1.807) is 12.1 Å². The number of hydrogen-bond donors (Lipinski definition) is 0. The smallest absolute Gasteiger partial charge is 0.438 e. The van der Waals surface area contributed by atoms with Gasteiger partial charge in [-0.05, 0) is 34.4 Å². The molecule has 0 bridgehead atoms. The number of hydrogen-bond acceptors (Lipinski definition) is 3. The number of carbonyl (C=O) groups excluding carboxylic acids is 1. The molecule has 130 valence electrons. The van der Waals surface area contributed by atoms with E-state index < -0.39 is 6.09 Å². The number of fused-ring (bicyclic) bond motifs is 3. The van der Waals surface area contributed by atoms with E-state index in [1.165, 1.54) is 29.4 Å². The molecule has 1 aliphatic carbocycles. The van der Waals surface area contributed by atoms with Crippen LogP contribution in [0.1, 0.15) is 17.0 Å². The van der Waals surface area contributed by atoms with Crippen LogP contribution in [-0.4, -0.2) is 19.8 Å². The first kappa shape index (κ1) is 16.4. The predicted octanol–water partition coefficient (Wildman–Crippen LogP) is 5.00. The van der Waals surface area contributed by atoms with Gasteiger partial charge in [-0.2, -0.15) is 5.06 Å². The average Bonchev–Trinajstić information content (AvgIpc) is 3.02. The van der Waals surface area contributed by atoms with Crippen molar-refractivity contribution in [1.29, 1.82) is 0 Å². The lowest BCUT2D eigenvalue weighted by molar-refractivity contribution is 0.0981. The topological polar surface area (TPSA) is 38.8 Å². The monoisotopic (exact) mass is 345 g/mol. The summed E-state index contributed by atoms with van der Waals surface area (Å²) >= 11 is 0. The molecule has 0 saturated carbocycles. The minimum absolute atomic E-state index is 0.0285. The van der Waals surface area contributed by atoms with Crippen LogP contribution in [0.3, 0.4) is 0 Å². The van der Waals surface area contributed by atoms with Crippen molar-refractivity contribution in [3.05, 3.63) is 90.0 Å². The van der Waals surface area contributed by atoms with Gasteiger partial charge in [-0.3, -0.25) is 4.84 Å². The first-order valence-electron chi connectivity index (χ1n) is 8.54. The Morgan fingerprint density at radius 3 is 1.96 bits per heavy atom. The summed E-state index contributed by atoms with van der Waals surface area (Å²) in [6, 6.07) is 25.7. The van der Waals surface area contributed by atoms with E-state index in [9.17, 15) is 4.79 Å². The van der Waals surface area contributed by atoms with Gasteiger partial charge in [0.25, 0.3) is 0 Å². The summed E-state index contributed by atoms with van der Waals surface area (Å²) in [6.07, 6.45) is -0.527. The number of amides is 1.